The van der Waals surface area contributed by atoms with Gasteiger partial charge in [-0.15, -0.1) is 11.3 Å². The molecule has 3 heterocycles. The maximum Gasteiger partial charge on any atom is 0.261 e. The van der Waals surface area contributed by atoms with E-state index in [9.17, 15) is 19.2 Å². The number of aryl methyl sites for hydroxylation is 1. The molecule has 0 spiro atoms. The lowest BCUT2D eigenvalue weighted by Gasteiger charge is -2.31. The summed E-state index contributed by atoms with van der Waals surface area (Å²) in [7, 11) is 0. The van der Waals surface area contributed by atoms with E-state index < -0.39 is 0 Å². The fourth-order valence-electron chi connectivity index (χ4n) is 4.37. The summed E-state index contributed by atoms with van der Waals surface area (Å²) in [5, 5.41) is 2.93. The molecule has 4 amide bonds. The van der Waals surface area contributed by atoms with Gasteiger partial charge in [0.2, 0.25) is 11.8 Å². The standard InChI is InChI=1S/C23H25BrN4O4S/c1-13-9-16(4-5-17(13)23(32)27-8-2-3-14(11-27)21(25)30)28-12-15(10-20(28)29)26-22(31)18-6-7-19(24)33-18/h4-7,9,14-15H,2-3,8,10-12H2,1H3,(H2,25,30)(H,26,31). The van der Waals surface area contributed by atoms with Crippen LogP contribution < -0.4 is 16.0 Å². The molecular formula is C23H25BrN4O4S. The minimum atomic E-state index is -0.375. The van der Waals surface area contributed by atoms with E-state index in [4.69, 9.17) is 5.73 Å². The van der Waals surface area contributed by atoms with Gasteiger partial charge < -0.3 is 20.9 Å². The summed E-state index contributed by atoms with van der Waals surface area (Å²) >= 11 is 4.69. The maximum atomic E-state index is 13.0. The van der Waals surface area contributed by atoms with E-state index in [0.717, 1.165) is 15.8 Å². The van der Waals surface area contributed by atoms with Crippen LogP contribution in [-0.4, -0.2) is 54.2 Å². The van der Waals surface area contributed by atoms with Crippen molar-refractivity contribution < 1.29 is 19.2 Å². The summed E-state index contributed by atoms with van der Waals surface area (Å²) < 4.78 is 0.872. The molecule has 4 rings (SSSR count). The summed E-state index contributed by atoms with van der Waals surface area (Å²) in [6.45, 7) is 3.13. The molecule has 2 atom stereocenters. The second-order valence-electron chi connectivity index (χ2n) is 8.47. The number of hydrogen-bond acceptors (Lipinski definition) is 5. The predicted molar refractivity (Wildman–Crippen MR) is 129 cm³/mol. The van der Waals surface area contributed by atoms with E-state index in [1.807, 2.05) is 19.1 Å². The van der Waals surface area contributed by atoms with Gasteiger partial charge in [0.25, 0.3) is 11.8 Å². The Morgan fingerprint density at radius 1 is 1.18 bits per heavy atom. The van der Waals surface area contributed by atoms with Crippen molar-refractivity contribution in [2.24, 2.45) is 11.7 Å². The number of rotatable bonds is 5. The number of thiophene rings is 1. The molecular weight excluding hydrogens is 508 g/mol. The van der Waals surface area contributed by atoms with Gasteiger partial charge in [0, 0.05) is 37.3 Å². The van der Waals surface area contributed by atoms with E-state index in [1.165, 1.54) is 11.3 Å². The van der Waals surface area contributed by atoms with E-state index in [0.29, 0.717) is 42.2 Å². The molecule has 2 fully saturated rings. The molecule has 0 aliphatic carbocycles. The predicted octanol–water partition coefficient (Wildman–Crippen LogP) is 2.69. The number of primary amides is 1. The second-order valence-corrected chi connectivity index (χ2v) is 10.9. The van der Waals surface area contributed by atoms with Gasteiger partial charge >= 0.3 is 0 Å². The Hall–Kier alpha value is -2.72. The Morgan fingerprint density at radius 3 is 2.64 bits per heavy atom. The minimum absolute atomic E-state index is 0.0773. The van der Waals surface area contributed by atoms with E-state index in [1.54, 1.807) is 28.0 Å². The largest absolute Gasteiger partial charge is 0.369 e. The number of nitrogens with zero attached hydrogens (tertiary/aromatic N) is 2. The molecule has 174 valence electrons. The summed E-state index contributed by atoms with van der Waals surface area (Å²) in [6, 6.07) is 8.58. The van der Waals surface area contributed by atoms with Crippen molar-refractivity contribution in [3.8, 4) is 0 Å². The van der Waals surface area contributed by atoms with Crippen molar-refractivity contribution in [3.63, 3.8) is 0 Å². The highest BCUT2D eigenvalue weighted by Gasteiger charge is 2.33. The summed E-state index contributed by atoms with van der Waals surface area (Å²) in [5.74, 6) is -1.10. The van der Waals surface area contributed by atoms with E-state index >= 15 is 0 Å². The Labute approximate surface area is 204 Å². The van der Waals surface area contributed by atoms with Crippen molar-refractivity contribution >= 4 is 56.6 Å². The number of piperidine rings is 1. The van der Waals surface area contributed by atoms with Crippen LogP contribution in [0, 0.1) is 12.8 Å². The summed E-state index contributed by atoms with van der Waals surface area (Å²) in [5.41, 5.74) is 7.42. The monoisotopic (exact) mass is 532 g/mol. The number of likely N-dealkylation sites (tertiary alicyclic amines) is 1. The van der Waals surface area contributed by atoms with Gasteiger partial charge in [-0.2, -0.15) is 0 Å². The van der Waals surface area contributed by atoms with Gasteiger partial charge in [0.05, 0.1) is 20.6 Å². The number of carbonyl (C=O) groups is 4. The highest BCUT2D eigenvalue weighted by molar-refractivity contribution is 9.11. The number of amides is 4. The number of nitrogens with two attached hydrogens (primary N) is 1. The zero-order valence-electron chi connectivity index (χ0n) is 18.2. The number of nitrogens with one attached hydrogen (secondary N) is 1. The van der Waals surface area contributed by atoms with Gasteiger partial charge in [0.1, 0.15) is 0 Å². The smallest absolute Gasteiger partial charge is 0.261 e. The second kappa shape index (κ2) is 9.64. The Balaban J connectivity index is 1.43. The molecule has 2 saturated heterocycles. The van der Waals surface area contributed by atoms with Gasteiger partial charge in [-0.3, -0.25) is 19.2 Å². The van der Waals surface area contributed by atoms with Crippen molar-refractivity contribution in [3.05, 3.63) is 50.1 Å². The summed E-state index contributed by atoms with van der Waals surface area (Å²) in [6.07, 6.45) is 1.67. The van der Waals surface area contributed by atoms with Crippen LogP contribution in [0.3, 0.4) is 0 Å². The zero-order chi connectivity index (χ0) is 23.7. The lowest BCUT2D eigenvalue weighted by atomic mass is 9.96. The average molecular weight is 533 g/mol. The van der Waals surface area contributed by atoms with Crippen molar-refractivity contribution in [2.75, 3.05) is 24.5 Å². The van der Waals surface area contributed by atoms with Crippen molar-refractivity contribution in [2.45, 2.75) is 32.2 Å². The number of hydrogen-bond donors (Lipinski definition) is 2. The molecule has 10 heteroatoms. The van der Waals surface area contributed by atoms with Crippen LogP contribution in [-0.2, 0) is 9.59 Å². The third-order valence-electron chi connectivity index (χ3n) is 6.12. The molecule has 33 heavy (non-hydrogen) atoms. The van der Waals surface area contributed by atoms with Crippen molar-refractivity contribution in [1.29, 1.82) is 0 Å². The highest BCUT2D eigenvalue weighted by atomic mass is 79.9. The number of anilines is 1. The number of carbonyl (C=O) groups excluding carboxylic acids is 4. The molecule has 2 aromatic rings. The fourth-order valence-corrected chi connectivity index (χ4v) is 5.66. The first-order valence-corrected chi connectivity index (χ1v) is 12.4. The molecule has 3 N–H and O–H groups in total. The van der Waals surface area contributed by atoms with E-state index in [2.05, 4.69) is 21.2 Å². The molecule has 2 aliphatic heterocycles. The van der Waals surface area contributed by atoms with Gasteiger partial charge in [-0.1, -0.05) is 0 Å². The molecule has 2 unspecified atom stereocenters. The molecule has 0 radical (unpaired) electrons. The molecule has 1 aromatic heterocycles. The van der Waals surface area contributed by atoms with Gasteiger partial charge in [-0.05, 0) is 71.6 Å². The Bertz CT molecular complexity index is 1120. The van der Waals surface area contributed by atoms with Gasteiger partial charge in [-0.25, -0.2) is 0 Å². The third kappa shape index (κ3) is 5.11. The van der Waals surface area contributed by atoms with Crippen molar-refractivity contribution in [1.82, 2.24) is 10.2 Å². The van der Waals surface area contributed by atoms with Gasteiger partial charge in [0.15, 0.2) is 0 Å². The van der Waals surface area contributed by atoms with Crippen LogP contribution in [0.4, 0.5) is 5.69 Å². The SMILES string of the molecule is Cc1cc(N2CC(NC(=O)c3ccc(Br)s3)CC2=O)ccc1C(=O)N1CCCC(C(N)=O)C1. The first kappa shape index (κ1) is 23.4. The van der Waals surface area contributed by atoms with Crippen LogP contribution in [0.1, 0.15) is 44.9 Å². The molecule has 2 aliphatic rings. The zero-order valence-corrected chi connectivity index (χ0v) is 20.6. The Kier molecular flexibility index (Phi) is 6.85. The maximum absolute atomic E-state index is 13.0. The lowest BCUT2D eigenvalue weighted by molar-refractivity contribution is -0.123. The molecule has 8 nitrogen and oxygen atoms in total. The van der Waals surface area contributed by atoms with Crippen LogP contribution in [0.25, 0.3) is 0 Å². The minimum Gasteiger partial charge on any atom is -0.369 e. The number of halogens is 1. The topological polar surface area (TPSA) is 113 Å². The summed E-state index contributed by atoms with van der Waals surface area (Å²) in [4.78, 5) is 53.5. The number of benzene rings is 1. The average Bonchev–Trinajstić information content (AvgIpc) is 3.38. The lowest BCUT2D eigenvalue weighted by Crippen LogP contribution is -2.44. The third-order valence-corrected chi connectivity index (χ3v) is 7.74. The highest BCUT2D eigenvalue weighted by Crippen LogP contribution is 2.27. The van der Waals surface area contributed by atoms with E-state index in [-0.39, 0.29) is 42.0 Å². The first-order chi connectivity index (χ1) is 15.7. The molecule has 0 bridgehead atoms. The fraction of sp³-hybridized carbons (Fsp3) is 0.391. The normalized spacial score (nSPS) is 20.7. The van der Waals surface area contributed by atoms with Crippen LogP contribution in [0.2, 0.25) is 0 Å². The Morgan fingerprint density at radius 2 is 1.97 bits per heavy atom. The van der Waals surface area contributed by atoms with Crippen LogP contribution >= 0.6 is 27.3 Å². The first-order valence-electron chi connectivity index (χ1n) is 10.8. The van der Waals surface area contributed by atoms with Crippen LogP contribution in [0.5, 0.6) is 0 Å². The quantitative estimate of drug-likeness (QED) is 0.616. The molecule has 1 aromatic carbocycles. The van der Waals surface area contributed by atoms with Crippen LogP contribution in [0.15, 0.2) is 34.1 Å². The molecule has 0 saturated carbocycles.